The summed E-state index contributed by atoms with van der Waals surface area (Å²) < 4.78 is 5.46. The molecule has 2 unspecified atom stereocenters. The minimum absolute atomic E-state index is 0.0254. The summed E-state index contributed by atoms with van der Waals surface area (Å²) in [6.45, 7) is 4.87. The summed E-state index contributed by atoms with van der Waals surface area (Å²) in [5.74, 6) is -0.113. The van der Waals surface area contributed by atoms with Gasteiger partial charge in [0.1, 0.15) is 0 Å². The molecule has 0 aromatic heterocycles. The normalized spacial score (nSPS) is 12.9. The van der Waals surface area contributed by atoms with Crippen molar-refractivity contribution in [3.05, 3.63) is 48.6 Å². The molecule has 0 aliphatic carbocycles. The molecule has 0 aromatic carbocycles. The second-order valence-electron chi connectivity index (χ2n) is 22.5. The Labute approximate surface area is 461 Å². The van der Waals surface area contributed by atoms with Crippen LogP contribution in [-0.4, -0.2) is 47.4 Å². The standard InChI is InChI=1S/C68H127NO5/c1-3-5-7-9-11-13-15-17-19-21-23-24-25-26-27-28-29-32-36-40-44-48-52-56-60-66(71)65(64-70)69-67(72)61-57-53-49-45-41-37-33-31-35-39-43-47-51-55-59-63-74-68(73)62-58-54-50-46-42-38-34-30-22-20-18-16-14-12-10-8-6-4-2/h20,22,31,35,39,43,56,60,65-66,70-71H,3-19,21,23-30,32-34,36-38,40-42,44-55,57-59,61-64H2,1-2H3,(H,69,72)/b22-20-,35-31-,43-39-,60-56+. The largest absolute Gasteiger partial charge is 0.466 e. The van der Waals surface area contributed by atoms with E-state index in [1.165, 1.54) is 244 Å². The molecule has 0 aliphatic rings. The van der Waals surface area contributed by atoms with Crippen LogP contribution >= 0.6 is 0 Å². The Kier molecular flexibility index (Phi) is 61.5. The lowest BCUT2D eigenvalue weighted by Gasteiger charge is -2.20. The molecule has 3 N–H and O–H groups in total. The van der Waals surface area contributed by atoms with E-state index in [9.17, 15) is 19.8 Å². The van der Waals surface area contributed by atoms with E-state index in [4.69, 9.17) is 4.74 Å². The molecular formula is C68H127NO5. The van der Waals surface area contributed by atoms with E-state index >= 15 is 0 Å². The van der Waals surface area contributed by atoms with Crippen molar-refractivity contribution in [2.45, 2.75) is 360 Å². The minimum atomic E-state index is -0.862. The van der Waals surface area contributed by atoms with Gasteiger partial charge < -0.3 is 20.3 Å². The van der Waals surface area contributed by atoms with E-state index in [-0.39, 0.29) is 18.5 Å². The van der Waals surface area contributed by atoms with Gasteiger partial charge in [-0.15, -0.1) is 0 Å². The van der Waals surface area contributed by atoms with E-state index in [1.54, 1.807) is 6.08 Å². The summed E-state index contributed by atoms with van der Waals surface area (Å²) in [5, 5.41) is 23.2. The molecule has 2 atom stereocenters. The highest BCUT2D eigenvalue weighted by Crippen LogP contribution is 2.17. The number of carbonyl (C=O) groups is 2. The van der Waals surface area contributed by atoms with Gasteiger partial charge in [0.05, 0.1) is 25.4 Å². The van der Waals surface area contributed by atoms with Gasteiger partial charge >= 0.3 is 5.97 Å². The Bertz CT molecular complexity index is 1240. The molecule has 0 spiro atoms. The van der Waals surface area contributed by atoms with Crippen molar-refractivity contribution in [2.75, 3.05) is 13.2 Å². The smallest absolute Gasteiger partial charge is 0.305 e. The van der Waals surface area contributed by atoms with E-state index in [0.717, 1.165) is 77.0 Å². The third kappa shape index (κ3) is 59.1. The molecule has 0 saturated carbocycles. The molecule has 0 radical (unpaired) electrons. The van der Waals surface area contributed by atoms with Crippen LogP contribution in [0, 0.1) is 0 Å². The number of nitrogens with one attached hydrogen (secondary N) is 1. The maximum Gasteiger partial charge on any atom is 0.305 e. The highest BCUT2D eigenvalue weighted by Gasteiger charge is 2.18. The number of rotatable bonds is 61. The summed E-state index contributed by atoms with van der Waals surface area (Å²) in [6, 6.07) is -0.647. The topological polar surface area (TPSA) is 95.9 Å². The number of carbonyl (C=O) groups excluding carboxylic acids is 2. The molecule has 0 saturated heterocycles. The van der Waals surface area contributed by atoms with E-state index < -0.39 is 12.1 Å². The number of hydrogen-bond donors (Lipinski definition) is 3. The van der Waals surface area contributed by atoms with Gasteiger partial charge in [-0.25, -0.2) is 0 Å². The Balaban J connectivity index is 3.53. The fourth-order valence-electron chi connectivity index (χ4n) is 10.0. The van der Waals surface area contributed by atoms with Gasteiger partial charge in [0, 0.05) is 12.8 Å². The second-order valence-corrected chi connectivity index (χ2v) is 22.5. The number of aliphatic hydroxyl groups excluding tert-OH is 2. The summed E-state index contributed by atoms with van der Waals surface area (Å²) in [4.78, 5) is 24.6. The fourth-order valence-corrected chi connectivity index (χ4v) is 10.0. The number of unbranched alkanes of at least 4 members (excludes halogenated alkanes) is 45. The molecule has 0 heterocycles. The predicted octanol–water partition coefficient (Wildman–Crippen LogP) is 20.9. The average molecular weight is 1040 g/mol. The Morgan fingerprint density at radius 1 is 0.378 bits per heavy atom. The Morgan fingerprint density at radius 2 is 0.676 bits per heavy atom. The van der Waals surface area contributed by atoms with Crippen LogP contribution in [0.5, 0.6) is 0 Å². The third-order valence-corrected chi connectivity index (χ3v) is 15.1. The maximum absolute atomic E-state index is 12.5. The lowest BCUT2D eigenvalue weighted by molar-refractivity contribution is -0.143. The van der Waals surface area contributed by atoms with Gasteiger partial charge in [-0.1, -0.05) is 294 Å². The summed E-state index contributed by atoms with van der Waals surface area (Å²) in [7, 11) is 0. The molecule has 74 heavy (non-hydrogen) atoms. The molecule has 434 valence electrons. The van der Waals surface area contributed by atoms with Gasteiger partial charge in [0.2, 0.25) is 5.91 Å². The molecule has 0 aliphatic heterocycles. The number of ether oxygens (including phenoxy) is 1. The first kappa shape index (κ1) is 71.8. The SMILES string of the molecule is CCCCCCCCC/C=C\CCCCCCCCCC(=O)OCCCCC/C=C\C=C/CCCCCCCCC(=O)NC(CO)C(O)/C=C/CCCCCCCCCCCCCCCCCCCCCCCC. The van der Waals surface area contributed by atoms with Gasteiger partial charge in [-0.2, -0.15) is 0 Å². The van der Waals surface area contributed by atoms with Gasteiger partial charge in [-0.05, 0) is 89.9 Å². The highest BCUT2D eigenvalue weighted by atomic mass is 16.5. The minimum Gasteiger partial charge on any atom is -0.466 e. The average Bonchev–Trinajstić information content (AvgIpc) is 3.40. The maximum atomic E-state index is 12.5. The van der Waals surface area contributed by atoms with Gasteiger partial charge in [-0.3, -0.25) is 9.59 Å². The molecule has 1 amide bonds. The van der Waals surface area contributed by atoms with Crippen molar-refractivity contribution in [1.29, 1.82) is 0 Å². The quantitative estimate of drug-likeness (QED) is 0.0244. The number of allylic oxidation sites excluding steroid dienone is 7. The molecule has 6 nitrogen and oxygen atoms in total. The van der Waals surface area contributed by atoms with Crippen molar-refractivity contribution in [1.82, 2.24) is 5.32 Å². The molecule has 0 rings (SSSR count). The number of aliphatic hydroxyl groups is 2. The number of hydrogen-bond acceptors (Lipinski definition) is 5. The summed E-state index contributed by atoms with van der Waals surface area (Å²) in [5.41, 5.74) is 0. The van der Waals surface area contributed by atoms with Crippen LogP contribution < -0.4 is 5.32 Å². The lowest BCUT2D eigenvalue weighted by atomic mass is 10.0. The van der Waals surface area contributed by atoms with Crippen molar-refractivity contribution >= 4 is 11.9 Å². The first-order valence-electron chi connectivity index (χ1n) is 32.9. The fraction of sp³-hybridized carbons (Fsp3) is 0.853. The van der Waals surface area contributed by atoms with E-state index in [0.29, 0.717) is 19.4 Å². The van der Waals surface area contributed by atoms with Crippen molar-refractivity contribution < 1.29 is 24.5 Å². The van der Waals surface area contributed by atoms with Crippen molar-refractivity contribution in [3.8, 4) is 0 Å². The van der Waals surface area contributed by atoms with Crippen molar-refractivity contribution in [3.63, 3.8) is 0 Å². The third-order valence-electron chi connectivity index (χ3n) is 15.1. The van der Waals surface area contributed by atoms with Crippen LogP contribution in [0.2, 0.25) is 0 Å². The zero-order valence-electron chi connectivity index (χ0n) is 49.6. The lowest BCUT2D eigenvalue weighted by Crippen LogP contribution is -2.45. The van der Waals surface area contributed by atoms with Gasteiger partial charge in [0.15, 0.2) is 0 Å². The zero-order valence-corrected chi connectivity index (χ0v) is 49.6. The van der Waals surface area contributed by atoms with Crippen LogP contribution in [0.25, 0.3) is 0 Å². The highest BCUT2D eigenvalue weighted by molar-refractivity contribution is 5.76. The zero-order chi connectivity index (χ0) is 53.6. The molecule has 6 heteroatoms. The van der Waals surface area contributed by atoms with Crippen molar-refractivity contribution in [2.24, 2.45) is 0 Å². The molecule has 0 bridgehead atoms. The van der Waals surface area contributed by atoms with Crippen LogP contribution in [0.4, 0.5) is 0 Å². The van der Waals surface area contributed by atoms with E-state index in [2.05, 4.69) is 55.6 Å². The summed E-state index contributed by atoms with van der Waals surface area (Å²) >= 11 is 0. The van der Waals surface area contributed by atoms with Crippen LogP contribution in [0.3, 0.4) is 0 Å². The molecular weight excluding hydrogens is 911 g/mol. The van der Waals surface area contributed by atoms with Crippen LogP contribution in [0.1, 0.15) is 348 Å². The first-order chi connectivity index (χ1) is 36.5. The Morgan fingerprint density at radius 3 is 1.04 bits per heavy atom. The second kappa shape index (κ2) is 63.4. The molecule has 0 aromatic rings. The van der Waals surface area contributed by atoms with Gasteiger partial charge in [0.25, 0.3) is 0 Å². The number of esters is 1. The first-order valence-corrected chi connectivity index (χ1v) is 32.9. The Hall–Kier alpha value is -2.18. The van der Waals surface area contributed by atoms with Crippen LogP contribution in [0.15, 0.2) is 48.6 Å². The van der Waals surface area contributed by atoms with Crippen LogP contribution in [-0.2, 0) is 14.3 Å². The molecule has 0 fully saturated rings. The van der Waals surface area contributed by atoms with E-state index in [1.807, 2.05) is 6.08 Å². The number of amides is 1. The predicted molar refractivity (Wildman–Crippen MR) is 324 cm³/mol. The monoisotopic (exact) mass is 1040 g/mol. The summed E-state index contributed by atoms with van der Waals surface area (Å²) in [6.07, 6.45) is 81.6.